The molecule has 6 heteroatoms. The molecule has 0 aliphatic heterocycles. The molecule has 0 aliphatic rings. The first-order chi connectivity index (χ1) is 8.19. The normalized spacial score (nSPS) is 10.8. The van der Waals surface area contributed by atoms with Crippen LogP contribution in [0.4, 0.5) is 0 Å². The predicted molar refractivity (Wildman–Crippen MR) is 61.3 cm³/mol. The molecular formula is C11H19N3O3. The quantitative estimate of drug-likeness (QED) is 0.664. The van der Waals surface area contributed by atoms with Crippen LogP contribution >= 0.6 is 0 Å². The standard InChI is InChI=1S/C11H19N3O3/c1-4-9-12-10(17-13-9)7-14(5-2)8-11(15)16-6-3/h4-8H2,1-3H3. The first-order valence-corrected chi connectivity index (χ1v) is 5.89. The molecule has 1 aromatic heterocycles. The number of aryl methyl sites for hydroxylation is 1. The van der Waals surface area contributed by atoms with Crippen LogP contribution in [0.25, 0.3) is 0 Å². The summed E-state index contributed by atoms with van der Waals surface area (Å²) < 4.78 is 9.97. The lowest BCUT2D eigenvalue weighted by atomic mass is 10.4. The highest BCUT2D eigenvalue weighted by Crippen LogP contribution is 2.03. The van der Waals surface area contributed by atoms with Crippen molar-refractivity contribution in [1.82, 2.24) is 15.0 Å². The Labute approximate surface area is 101 Å². The number of nitrogens with zero attached hydrogens (tertiary/aromatic N) is 3. The summed E-state index contributed by atoms with van der Waals surface area (Å²) >= 11 is 0. The molecule has 0 atom stereocenters. The lowest BCUT2D eigenvalue weighted by molar-refractivity contribution is -0.144. The average molecular weight is 241 g/mol. The molecule has 17 heavy (non-hydrogen) atoms. The van der Waals surface area contributed by atoms with Crippen molar-refractivity contribution < 1.29 is 14.1 Å². The summed E-state index contributed by atoms with van der Waals surface area (Å²) in [5.41, 5.74) is 0. The summed E-state index contributed by atoms with van der Waals surface area (Å²) in [6, 6.07) is 0. The molecule has 1 rings (SSSR count). The minimum absolute atomic E-state index is 0.232. The Morgan fingerprint density at radius 2 is 2.18 bits per heavy atom. The van der Waals surface area contributed by atoms with Crippen LogP contribution in [0.15, 0.2) is 4.52 Å². The van der Waals surface area contributed by atoms with Crippen LogP contribution in [-0.4, -0.2) is 40.7 Å². The summed E-state index contributed by atoms with van der Waals surface area (Å²) in [6.07, 6.45) is 0.744. The molecule has 0 bridgehead atoms. The summed E-state index contributed by atoms with van der Waals surface area (Å²) in [5, 5.41) is 3.81. The molecule has 1 heterocycles. The van der Waals surface area contributed by atoms with E-state index in [1.165, 1.54) is 0 Å². The molecule has 0 spiro atoms. The van der Waals surface area contributed by atoms with E-state index in [0.29, 0.717) is 24.9 Å². The first-order valence-electron chi connectivity index (χ1n) is 5.89. The van der Waals surface area contributed by atoms with E-state index in [9.17, 15) is 4.79 Å². The van der Waals surface area contributed by atoms with Crippen molar-refractivity contribution in [1.29, 1.82) is 0 Å². The van der Waals surface area contributed by atoms with Gasteiger partial charge in [0.05, 0.1) is 19.7 Å². The lowest BCUT2D eigenvalue weighted by Gasteiger charge is -2.16. The highest BCUT2D eigenvalue weighted by molar-refractivity contribution is 5.71. The summed E-state index contributed by atoms with van der Waals surface area (Å²) in [6.45, 7) is 7.57. The van der Waals surface area contributed by atoms with Gasteiger partial charge in [-0.05, 0) is 13.5 Å². The van der Waals surface area contributed by atoms with Crippen molar-refractivity contribution in [3.05, 3.63) is 11.7 Å². The van der Waals surface area contributed by atoms with Crippen LogP contribution in [0.2, 0.25) is 0 Å². The number of likely N-dealkylation sites (N-methyl/N-ethyl adjacent to an activating group) is 1. The molecule has 6 nitrogen and oxygen atoms in total. The molecule has 1 aromatic rings. The molecule has 0 radical (unpaired) electrons. The number of aromatic nitrogens is 2. The van der Waals surface area contributed by atoms with Crippen molar-refractivity contribution in [2.24, 2.45) is 0 Å². The van der Waals surface area contributed by atoms with Gasteiger partial charge in [0.25, 0.3) is 0 Å². The molecule has 0 saturated carbocycles. The van der Waals surface area contributed by atoms with E-state index < -0.39 is 0 Å². The third-order valence-electron chi connectivity index (χ3n) is 2.29. The van der Waals surface area contributed by atoms with Crippen LogP contribution in [-0.2, 0) is 22.5 Å². The Bertz CT molecular complexity index is 351. The van der Waals surface area contributed by atoms with Crippen LogP contribution < -0.4 is 0 Å². The van der Waals surface area contributed by atoms with Gasteiger partial charge in [-0.2, -0.15) is 4.98 Å². The maximum absolute atomic E-state index is 11.3. The molecule has 0 N–H and O–H groups in total. The van der Waals surface area contributed by atoms with E-state index in [1.807, 2.05) is 18.7 Å². The topological polar surface area (TPSA) is 68.5 Å². The van der Waals surface area contributed by atoms with Crippen molar-refractivity contribution in [2.45, 2.75) is 33.7 Å². The molecule has 96 valence electrons. The number of carbonyl (C=O) groups is 1. The second kappa shape index (κ2) is 7.01. The Balaban J connectivity index is 2.48. The van der Waals surface area contributed by atoms with E-state index >= 15 is 0 Å². The number of rotatable bonds is 7. The van der Waals surface area contributed by atoms with Crippen LogP contribution in [0, 0.1) is 0 Å². The predicted octanol–water partition coefficient (Wildman–Crippen LogP) is 1.02. The number of ether oxygens (including phenoxy) is 1. The average Bonchev–Trinajstić information content (AvgIpc) is 2.76. The molecule has 0 aromatic carbocycles. The molecule has 0 unspecified atom stereocenters. The summed E-state index contributed by atoms with van der Waals surface area (Å²) in [4.78, 5) is 17.4. The number of hydrogen-bond donors (Lipinski definition) is 0. The highest BCUT2D eigenvalue weighted by atomic mass is 16.5. The lowest BCUT2D eigenvalue weighted by Crippen LogP contribution is -2.30. The first kappa shape index (κ1) is 13.6. The van der Waals surface area contributed by atoms with Crippen LogP contribution in [0.1, 0.15) is 32.5 Å². The van der Waals surface area contributed by atoms with Crippen molar-refractivity contribution in [3.8, 4) is 0 Å². The largest absolute Gasteiger partial charge is 0.465 e. The van der Waals surface area contributed by atoms with Crippen molar-refractivity contribution in [3.63, 3.8) is 0 Å². The monoisotopic (exact) mass is 241 g/mol. The maximum Gasteiger partial charge on any atom is 0.320 e. The van der Waals surface area contributed by atoms with Gasteiger partial charge in [-0.1, -0.05) is 19.0 Å². The van der Waals surface area contributed by atoms with Gasteiger partial charge < -0.3 is 9.26 Å². The van der Waals surface area contributed by atoms with Crippen molar-refractivity contribution >= 4 is 5.97 Å². The fourth-order valence-electron chi connectivity index (χ4n) is 1.36. The minimum Gasteiger partial charge on any atom is -0.465 e. The van der Waals surface area contributed by atoms with Gasteiger partial charge in [0.1, 0.15) is 0 Å². The Kier molecular flexibility index (Phi) is 5.62. The van der Waals surface area contributed by atoms with Gasteiger partial charge in [0.2, 0.25) is 5.89 Å². The minimum atomic E-state index is -0.232. The zero-order valence-electron chi connectivity index (χ0n) is 10.6. The Morgan fingerprint density at radius 3 is 2.71 bits per heavy atom. The number of hydrogen-bond acceptors (Lipinski definition) is 6. The summed E-state index contributed by atoms with van der Waals surface area (Å²) in [5.74, 6) is 0.991. The number of esters is 1. The molecular weight excluding hydrogens is 222 g/mol. The van der Waals surface area contributed by atoms with E-state index in [4.69, 9.17) is 9.26 Å². The second-order valence-electron chi connectivity index (χ2n) is 3.57. The van der Waals surface area contributed by atoms with E-state index in [-0.39, 0.29) is 12.5 Å². The molecule has 0 amide bonds. The van der Waals surface area contributed by atoms with Gasteiger partial charge in [-0.3, -0.25) is 9.69 Å². The Hall–Kier alpha value is -1.43. The maximum atomic E-state index is 11.3. The molecule has 0 saturated heterocycles. The third kappa shape index (κ3) is 4.52. The SMILES string of the molecule is CCOC(=O)CN(CC)Cc1nc(CC)no1. The van der Waals surface area contributed by atoms with E-state index in [1.54, 1.807) is 6.92 Å². The summed E-state index contributed by atoms with van der Waals surface area (Å²) in [7, 11) is 0. The van der Waals surface area contributed by atoms with Gasteiger partial charge >= 0.3 is 5.97 Å². The smallest absolute Gasteiger partial charge is 0.320 e. The van der Waals surface area contributed by atoms with Gasteiger partial charge in [0.15, 0.2) is 5.82 Å². The van der Waals surface area contributed by atoms with Crippen molar-refractivity contribution in [2.75, 3.05) is 19.7 Å². The second-order valence-corrected chi connectivity index (χ2v) is 3.57. The van der Waals surface area contributed by atoms with Gasteiger partial charge in [0, 0.05) is 6.42 Å². The van der Waals surface area contributed by atoms with E-state index in [0.717, 1.165) is 13.0 Å². The van der Waals surface area contributed by atoms with Gasteiger partial charge in [-0.25, -0.2) is 0 Å². The fraction of sp³-hybridized carbons (Fsp3) is 0.727. The van der Waals surface area contributed by atoms with Crippen LogP contribution in [0.5, 0.6) is 0 Å². The third-order valence-corrected chi connectivity index (χ3v) is 2.29. The molecule has 0 aliphatic carbocycles. The number of carbonyl (C=O) groups excluding carboxylic acids is 1. The Morgan fingerprint density at radius 1 is 1.41 bits per heavy atom. The zero-order valence-corrected chi connectivity index (χ0v) is 10.6. The highest BCUT2D eigenvalue weighted by Gasteiger charge is 2.13. The van der Waals surface area contributed by atoms with Crippen LogP contribution in [0.3, 0.4) is 0 Å². The molecule has 0 fully saturated rings. The van der Waals surface area contributed by atoms with E-state index in [2.05, 4.69) is 10.1 Å². The fourth-order valence-corrected chi connectivity index (χ4v) is 1.36. The zero-order chi connectivity index (χ0) is 12.7. The van der Waals surface area contributed by atoms with Gasteiger partial charge in [-0.15, -0.1) is 0 Å².